The average molecular weight is 466 g/mol. The van der Waals surface area contributed by atoms with Crippen molar-refractivity contribution < 1.29 is 23.5 Å². The maximum atomic E-state index is 14.0. The number of rotatable bonds is 6. The number of halogens is 3. The Morgan fingerprint density at radius 1 is 1.27 bits per heavy atom. The summed E-state index contributed by atoms with van der Waals surface area (Å²) in [6, 6.07) is 7.31. The molecule has 0 aliphatic carbocycles. The third kappa shape index (κ3) is 4.57. The Morgan fingerprint density at radius 3 is 2.70 bits per heavy atom. The molecule has 0 aromatic heterocycles. The molecule has 30 heavy (non-hydrogen) atoms. The number of amides is 2. The predicted molar refractivity (Wildman–Crippen MR) is 115 cm³/mol. The van der Waals surface area contributed by atoms with Gasteiger partial charge in [0.15, 0.2) is 11.5 Å². The van der Waals surface area contributed by atoms with Gasteiger partial charge in [-0.25, -0.2) is 4.39 Å². The van der Waals surface area contributed by atoms with Gasteiger partial charge in [-0.05, 0) is 47.7 Å². The van der Waals surface area contributed by atoms with Crippen LogP contribution in [0.2, 0.25) is 10.0 Å². The molecule has 0 N–H and O–H groups in total. The molecule has 5 nitrogen and oxygen atoms in total. The van der Waals surface area contributed by atoms with Crippen LogP contribution in [-0.4, -0.2) is 29.8 Å². The maximum Gasteiger partial charge on any atom is 0.293 e. The van der Waals surface area contributed by atoms with E-state index in [1.807, 2.05) is 0 Å². The minimum Gasteiger partial charge on any atom is -0.493 e. The summed E-state index contributed by atoms with van der Waals surface area (Å²) >= 11 is 13.0. The first-order chi connectivity index (χ1) is 14.3. The molecular weight excluding hydrogens is 452 g/mol. The average Bonchev–Trinajstić information content (AvgIpc) is 2.96. The van der Waals surface area contributed by atoms with Gasteiger partial charge in [0, 0.05) is 10.6 Å². The molecule has 1 aliphatic heterocycles. The van der Waals surface area contributed by atoms with E-state index in [1.54, 1.807) is 12.1 Å². The van der Waals surface area contributed by atoms with Gasteiger partial charge in [0.25, 0.3) is 11.1 Å². The second-order valence-corrected chi connectivity index (χ2v) is 7.80. The minimum absolute atomic E-state index is 0.00687. The third-order valence-electron chi connectivity index (χ3n) is 4.10. The van der Waals surface area contributed by atoms with Gasteiger partial charge in [-0.2, -0.15) is 0 Å². The van der Waals surface area contributed by atoms with Crippen LogP contribution >= 0.6 is 35.0 Å². The number of thioether (sulfide) groups is 1. The zero-order chi connectivity index (χ0) is 21.8. The lowest BCUT2D eigenvalue weighted by Gasteiger charge is -2.14. The van der Waals surface area contributed by atoms with Gasteiger partial charge < -0.3 is 9.47 Å². The largest absolute Gasteiger partial charge is 0.493 e. The molecule has 0 bridgehead atoms. The summed E-state index contributed by atoms with van der Waals surface area (Å²) in [5.74, 6) is 1.78. The Bertz CT molecular complexity index is 1080. The number of hydrogen-bond acceptors (Lipinski definition) is 5. The van der Waals surface area contributed by atoms with E-state index in [0.717, 1.165) is 16.7 Å². The molecule has 0 unspecified atom stereocenters. The van der Waals surface area contributed by atoms with Crippen molar-refractivity contribution >= 4 is 52.2 Å². The van der Waals surface area contributed by atoms with Gasteiger partial charge in [-0.1, -0.05) is 35.2 Å². The number of imide groups is 1. The van der Waals surface area contributed by atoms with Crippen LogP contribution < -0.4 is 9.47 Å². The highest BCUT2D eigenvalue weighted by Gasteiger charge is 2.36. The topological polar surface area (TPSA) is 55.8 Å². The summed E-state index contributed by atoms with van der Waals surface area (Å²) in [6.07, 6.45) is 6.69. The fourth-order valence-corrected chi connectivity index (χ4v) is 4.04. The van der Waals surface area contributed by atoms with E-state index in [1.165, 1.54) is 31.4 Å². The Balaban J connectivity index is 1.88. The molecule has 1 aliphatic rings. The Morgan fingerprint density at radius 2 is 2.03 bits per heavy atom. The van der Waals surface area contributed by atoms with Crippen molar-refractivity contribution in [3.05, 3.63) is 62.2 Å². The Kier molecular flexibility index (Phi) is 6.93. The monoisotopic (exact) mass is 465 g/mol. The van der Waals surface area contributed by atoms with E-state index < -0.39 is 17.0 Å². The molecular formula is C21H14Cl2FNO4S. The first kappa shape index (κ1) is 22.0. The van der Waals surface area contributed by atoms with Crippen LogP contribution in [0, 0.1) is 18.2 Å². The van der Waals surface area contributed by atoms with Gasteiger partial charge in [-0.15, -0.1) is 6.42 Å². The highest BCUT2D eigenvalue weighted by atomic mass is 35.5. The fraction of sp³-hybridized carbons (Fsp3) is 0.143. The zero-order valence-corrected chi connectivity index (χ0v) is 17.9. The number of carbonyl (C=O) groups excluding carboxylic acids is 2. The molecule has 2 aromatic rings. The van der Waals surface area contributed by atoms with Crippen LogP contribution in [0.5, 0.6) is 11.5 Å². The molecule has 1 fully saturated rings. The Hall–Kier alpha value is -2.66. The predicted octanol–water partition coefficient (Wildman–Crippen LogP) is 5.39. The quantitative estimate of drug-likeness (QED) is 0.422. The SMILES string of the molecule is C#CCOc1c(Cl)cc(/C=C2\SC(=O)N(Cc3c(F)cccc3Cl)C2=O)cc1OC. The number of hydrogen-bond donors (Lipinski definition) is 0. The maximum absolute atomic E-state index is 14.0. The van der Waals surface area contributed by atoms with Crippen LogP contribution in [0.25, 0.3) is 6.08 Å². The van der Waals surface area contributed by atoms with Crippen molar-refractivity contribution in [2.75, 3.05) is 13.7 Å². The van der Waals surface area contributed by atoms with Crippen LogP contribution in [0.1, 0.15) is 11.1 Å². The molecule has 0 atom stereocenters. The van der Waals surface area contributed by atoms with E-state index >= 15 is 0 Å². The van der Waals surface area contributed by atoms with Crippen molar-refractivity contribution in [1.82, 2.24) is 4.90 Å². The van der Waals surface area contributed by atoms with E-state index in [9.17, 15) is 14.0 Å². The first-order valence-corrected chi connectivity index (χ1v) is 10.0. The molecule has 154 valence electrons. The minimum atomic E-state index is -0.593. The van der Waals surface area contributed by atoms with Crippen molar-refractivity contribution in [3.63, 3.8) is 0 Å². The molecule has 9 heteroatoms. The molecule has 1 saturated heterocycles. The second kappa shape index (κ2) is 9.43. The van der Waals surface area contributed by atoms with E-state index in [2.05, 4.69) is 5.92 Å². The number of methoxy groups -OCH3 is 1. The molecule has 3 rings (SSSR count). The lowest BCUT2D eigenvalue weighted by molar-refractivity contribution is -0.123. The van der Waals surface area contributed by atoms with Gasteiger partial charge in [0.2, 0.25) is 0 Å². The van der Waals surface area contributed by atoms with Gasteiger partial charge >= 0.3 is 0 Å². The number of terminal acetylenes is 1. The highest BCUT2D eigenvalue weighted by Crippen LogP contribution is 2.39. The fourth-order valence-electron chi connectivity index (χ4n) is 2.71. The first-order valence-electron chi connectivity index (χ1n) is 8.47. The number of carbonyl (C=O) groups is 2. The summed E-state index contributed by atoms with van der Waals surface area (Å²) in [7, 11) is 1.43. The summed E-state index contributed by atoms with van der Waals surface area (Å²) in [6.45, 7) is -0.261. The number of nitrogens with zero attached hydrogens (tertiary/aromatic N) is 1. The smallest absolute Gasteiger partial charge is 0.293 e. The molecule has 0 spiro atoms. The van der Waals surface area contributed by atoms with Crippen molar-refractivity contribution in [2.24, 2.45) is 0 Å². The highest BCUT2D eigenvalue weighted by molar-refractivity contribution is 8.18. The summed E-state index contributed by atoms with van der Waals surface area (Å²) in [4.78, 5) is 26.2. The van der Waals surface area contributed by atoms with Crippen LogP contribution in [-0.2, 0) is 11.3 Å². The van der Waals surface area contributed by atoms with Crippen LogP contribution in [0.15, 0.2) is 35.2 Å². The summed E-state index contributed by atoms with van der Waals surface area (Å²) in [5, 5.41) is -0.164. The lowest BCUT2D eigenvalue weighted by atomic mass is 10.1. The van der Waals surface area contributed by atoms with Crippen molar-refractivity contribution in [1.29, 1.82) is 0 Å². The molecule has 0 saturated carbocycles. The van der Waals surface area contributed by atoms with Crippen LogP contribution in [0.3, 0.4) is 0 Å². The van der Waals surface area contributed by atoms with Gasteiger partial charge in [0.1, 0.15) is 12.4 Å². The van der Waals surface area contributed by atoms with Crippen LogP contribution in [0.4, 0.5) is 9.18 Å². The second-order valence-electron chi connectivity index (χ2n) is 5.99. The lowest BCUT2D eigenvalue weighted by Crippen LogP contribution is -2.28. The molecule has 1 heterocycles. The van der Waals surface area contributed by atoms with Crippen molar-refractivity contribution in [2.45, 2.75) is 6.54 Å². The number of ether oxygens (including phenoxy) is 2. The summed E-state index contributed by atoms with van der Waals surface area (Å²) in [5.41, 5.74) is 0.585. The molecule has 2 amide bonds. The van der Waals surface area contributed by atoms with Gasteiger partial charge in [0.05, 0.1) is 23.6 Å². The Labute approximate surface area is 186 Å². The van der Waals surface area contributed by atoms with E-state index in [4.69, 9.17) is 39.1 Å². The standard InChI is InChI=1S/C21H14Cl2FNO4S/c1-3-7-29-19-15(23)8-12(9-17(19)28-2)10-18-20(26)25(21(27)30-18)11-13-14(22)5-4-6-16(13)24/h1,4-6,8-10H,7,11H2,2H3/b18-10-. The molecule has 0 radical (unpaired) electrons. The summed E-state index contributed by atoms with van der Waals surface area (Å²) < 4.78 is 24.7. The van der Waals surface area contributed by atoms with Gasteiger partial charge in [-0.3, -0.25) is 14.5 Å². The van der Waals surface area contributed by atoms with E-state index in [-0.39, 0.29) is 39.4 Å². The normalized spacial score (nSPS) is 14.9. The zero-order valence-electron chi connectivity index (χ0n) is 15.6. The van der Waals surface area contributed by atoms with Crippen molar-refractivity contribution in [3.8, 4) is 23.8 Å². The van der Waals surface area contributed by atoms with E-state index in [0.29, 0.717) is 11.3 Å². The third-order valence-corrected chi connectivity index (χ3v) is 5.64. The molecule has 2 aromatic carbocycles. The number of benzene rings is 2.